The highest BCUT2D eigenvalue weighted by Gasteiger charge is 2.50. The summed E-state index contributed by atoms with van der Waals surface area (Å²) in [6.45, 7) is 3.04. The van der Waals surface area contributed by atoms with Crippen LogP contribution in [0.1, 0.15) is 36.7 Å². The van der Waals surface area contributed by atoms with Crippen LogP contribution in [-0.2, 0) is 11.3 Å². The van der Waals surface area contributed by atoms with Crippen LogP contribution in [0.3, 0.4) is 0 Å². The Hall–Kier alpha value is -2.30. The quantitative estimate of drug-likeness (QED) is 0.861. The highest BCUT2D eigenvalue weighted by molar-refractivity contribution is 5.99. The van der Waals surface area contributed by atoms with Gasteiger partial charge in [0.2, 0.25) is 0 Å². The number of carbonyl (C=O) groups excluding carboxylic acids is 1. The molecule has 1 saturated carbocycles. The van der Waals surface area contributed by atoms with Crippen LogP contribution in [0.25, 0.3) is 10.9 Å². The number of benzene rings is 1. The average molecular weight is 300 g/mol. The SMILES string of the molecule is CCCn1c(C(=O)NCC2(C(=O)O)CC2)cc2ccccc21. The monoisotopic (exact) mass is 300 g/mol. The zero-order chi connectivity index (χ0) is 15.7. The Labute approximate surface area is 128 Å². The van der Waals surface area contributed by atoms with Crippen LogP contribution in [-0.4, -0.2) is 28.1 Å². The number of carboxylic acid groups (broad SMARTS) is 1. The number of aryl methyl sites for hydroxylation is 1. The van der Waals surface area contributed by atoms with E-state index in [9.17, 15) is 14.7 Å². The summed E-state index contributed by atoms with van der Waals surface area (Å²) in [6.07, 6.45) is 2.21. The fourth-order valence-corrected chi connectivity index (χ4v) is 2.82. The van der Waals surface area contributed by atoms with Gasteiger partial charge < -0.3 is 15.0 Å². The number of amides is 1. The fraction of sp³-hybridized carbons (Fsp3) is 0.412. The smallest absolute Gasteiger partial charge is 0.311 e. The van der Waals surface area contributed by atoms with E-state index in [2.05, 4.69) is 12.2 Å². The maximum absolute atomic E-state index is 12.5. The van der Waals surface area contributed by atoms with Crippen molar-refractivity contribution in [3.05, 3.63) is 36.0 Å². The minimum atomic E-state index is -0.818. The molecular weight excluding hydrogens is 280 g/mol. The summed E-state index contributed by atoms with van der Waals surface area (Å²) in [5.74, 6) is -1.01. The Morgan fingerprint density at radius 3 is 2.68 bits per heavy atom. The summed E-state index contributed by atoms with van der Waals surface area (Å²) in [6, 6.07) is 9.77. The number of nitrogens with zero attached hydrogens (tertiary/aromatic N) is 1. The molecule has 2 N–H and O–H groups in total. The zero-order valence-corrected chi connectivity index (χ0v) is 12.6. The predicted molar refractivity (Wildman–Crippen MR) is 83.9 cm³/mol. The zero-order valence-electron chi connectivity index (χ0n) is 12.6. The first kappa shape index (κ1) is 14.6. The summed E-state index contributed by atoms with van der Waals surface area (Å²) in [4.78, 5) is 23.7. The number of fused-ring (bicyclic) bond motifs is 1. The normalized spacial score (nSPS) is 15.7. The Morgan fingerprint density at radius 1 is 1.32 bits per heavy atom. The van der Waals surface area contributed by atoms with Crippen LogP contribution in [0.4, 0.5) is 0 Å². The van der Waals surface area contributed by atoms with Gasteiger partial charge in [-0.25, -0.2) is 0 Å². The van der Waals surface area contributed by atoms with Gasteiger partial charge in [-0.1, -0.05) is 25.1 Å². The minimum absolute atomic E-state index is 0.197. The Kier molecular flexibility index (Phi) is 3.64. The Morgan fingerprint density at radius 2 is 2.05 bits per heavy atom. The van der Waals surface area contributed by atoms with Crippen molar-refractivity contribution in [1.29, 1.82) is 0 Å². The predicted octanol–water partition coefficient (Wildman–Crippen LogP) is 2.65. The van der Waals surface area contributed by atoms with Crippen molar-refractivity contribution in [2.45, 2.75) is 32.7 Å². The summed E-state index contributed by atoms with van der Waals surface area (Å²) < 4.78 is 2.00. The summed E-state index contributed by atoms with van der Waals surface area (Å²) >= 11 is 0. The van der Waals surface area contributed by atoms with Crippen molar-refractivity contribution < 1.29 is 14.7 Å². The van der Waals surface area contributed by atoms with E-state index in [0.29, 0.717) is 18.5 Å². The molecule has 0 unspecified atom stereocenters. The number of hydrogen-bond donors (Lipinski definition) is 2. The number of aliphatic carboxylic acids is 1. The molecule has 1 amide bonds. The van der Waals surface area contributed by atoms with Gasteiger partial charge in [0.15, 0.2) is 0 Å². The molecule has 22 heavy (non-hydrogen) atoms. The van der Waals surface area contributed by atoms with E-state index in [0.717, 1.165) is 23.9 Å². The van der Waals surface area contributed by atoms with Gasteiger partial charge in [-0.15, -0.1) is 0 Å². The third kappa shape index (κ3) is 2.47. The first-order valence-electron chi connectivity index (χ1n) is 7.67. The van der Waals surface area contributed by atoms with Gasteiger partial charge in [0, 0.05) is 24.0 Å². The van der Waals surface area contributed by atoms with Crippen LogP contribution >= 0.6 is 0 Å². The summed E-state index contributed by atoms with van der Waals surface area (Å²) in [5, 5.41) is 13.0. The Balaban J connectivity index is 1.84. The minimum Gasteiger partial charge on any atom is -0.481 e. The molecule has 1 aromatic carbocycles. The van der Waals surface area contributed by atoms with Crippen LogP contribution in [0.2, 0.25) is 0 Å². The highest BCUT2D eigenvalue weighted by atomic mass is 16.4. The van der Waals surface area contributed by atoms with E-state index < -0.39 is 11.4 Å². The molecule has 2 aromatic rings. The standard InChI is InChI=1S/C17H20N2O3/c1-2-9-19-13-6-4-3-5-12(13)10-14(19)15(20)18-11-17(7-8-17)16(21)22/h3-6,10H,2,7-9,11H2,1H3,(H,18,20)(H,21,22). The van der Waals surface area contributed by atoms with E-state index in [1.54, 1.807) is 0 Å². The van der Waals surface area contributed by atoms with Crippen molar-refractivity contribution >= 4 is 22.8 Å². The first-order chi connectivity index (χ1) is 10.6. The molecule has 0 aliphatic heterocycles. The van der Waals surface area contributed by atoms with E-state index in [-0.39, 0.29) is 12.5 Å². The number of rotatable bonds is 6. The lowest BCUT2D eigenvalue weighted by Crippen LogP contribution is -2.35. The van der Waals surface area contributed by atoms with Crippen LogP contribution in [0.5, 0.6) is 0 Å². The number of aromatic nitrogens is 1. The van der Waals surface area contributed by atoms with Crippen molar-refractivity contribution in [2.24, 2.45) is 5.41 Å². The molecule has 1 aliphatic carbocycles. The van der Waals surface area contributed by atoms with Crippen molar-refractivity contribution in [3.8, 4) is 0 Å². The molecule has 1 heterocycles. The third-order valence-corrected chi connectivity index (χ3v) is 4.38. The second kappa shape index (κ2) is 5.48. The number of nitrogens with one attached hydrogen (secondary N) is 1. The lowest BCUT2D eigenvalue weighted by Gasteiger charge is -2.13. The van der Waals surface area contributed by atoms with Crippen molar-refractivity contribution in [1.82, 2.24) is 9.88 Å². The van der Waals surface area contributed by atoms with E-state index in [1.807, 2.05) is 34.9 Å². The Bertz CT molecular complexity index is 729. The van der Waals surface area contributed by atoms with E-state index in [1.165, 1.54) is 0 Å². The maximum atomic E-state index is 12.5. The van der Waals surface area contributed by atoms with E-state index in [4.69, 9.17) is 0 Å². The second-order valence-electron chi connectivity index (χ2n) is 6.01. The number of para-hydroxylation sites is 1. The number of carboxylic acids is 1. The molecule has 0 spiro atoms. The molecule has 5 heteroatoms. The van der Waals surface area contributed by atoms with E-state index >= 15 is 0 Å². The molecule has 1 fully saturated rings. The summed E-state index contributed by atoms with van der Waals surface area (Å²) in [7, 11) is 0. The van der Waals surface area contributed by atoms with Gasteiger partial charge in [-0.3, -0.25) is 9.59 Å². The molecule has 0 atom stereocenters. The van der Waals surface area contributed by atoms with Crippen LogP contribution in [0, 0.1) is 5.41 Å². The highest BCUT2D eigenvalue weighted by Crippen LogP contribution is 2.45. The number of hydrogen-bond acceptors (Lipinski definition) is 2. The molecule has 0 bridgehead atoms. The maximum Gasteiger partial charge on any atom is 0.311 e. The lowest BCUT2D eigenvalue weighted by molar-refractivity contribution is -0.143. The molecule has 0 saturated heterocycles. The largest absolute Gasteiger partial charge is 0.481 e. The van der Waals surface area contributed by atoms with Gasteiger partial charge in [0.25, 0.3) is 5.91 Å². The molecule has 1 aromatic heterocycles. The summed E-state index contributed by atoms with van der Waals surface area (Å²) in [5.41, 5.74) is 0.898. The first-order valence-corrected chi connectivity index (χ1v) is 7.67. The fourth-order valence-electron chi connectivity index (χ4n) is 2.82. The topological polar surface area (TPSA) is 71.3 Å². The molecular formula is C17H20N2O3. The van der Waals surface area contributed by atoms with Gasteiger partial charge in [0.1, 0.15) is 5.69 Å². The van der Waals surface area contributed by atoms with Crippen molar-refractivity contribution in [3.63, 3.8) is 0 Å². The van der Waals surface area contributed by atoms with Gasteiger partial charge >= 0.3 is 5.97 Å². The van der Waals surface area contributed by atoms with Gasteiger partial charge in [-0.2, -0.15) is 0 Å². The molecule has 0 radical (unpaired) electrons. The molecule has 116 valence electrons. The average Bonchev–Trinajstić information content (AvgIpc) is 3.23. The third-order valence-electron chi connectivity index (χ3n) is 4.38. The molecule has 1 aliphatic rings. The van der Waals surface area contributed by atoms with Gasteiger partial charge in [-0.05, 0) is 31.4 Å². The molecule has 5 nitrogen and oxygen atoms in total. The van der Waals surface area contributed by atoms with Crippen molar-refractivity contribution in [2.75, 3.05) is 6.54 Å². The van der Waals surface area contributed by atoms with Crippen LogP contribution in [0.15, 0.2) is 30.3 Å². The molecule has 3 rings (SSSR count). The van der Waals surface area contributed by atoms with Gasteiger partial charge in [0.05, 0.1) is 5.41 Å². The lowest BCUT2D eigenvalue weighted by atomic mass is 10.1. The second-order valence-corrected chi connectivity index (χ2v) is 6.01. The van der Waals surface area contributed by atoms with Crippen LogP contribution < -0.4 is 5.32 Å². The number of carbonyl (C=O) groups is 2.